The molecule has 12 heteroatoms. The fraction of sp³-hybridized carbons (Fsp3) is 0.346. The highest BCUT2D eigenvalue weighted by Gasteiger charge is 2.34. The standard InChI is InChI=1S/C26H27FN6O4S/c1-17-10-11-21(37-17)25-29-31-33(30-25)16-23(34)32(15-18-6-2-3-8-20(18)27)24(22-9-5-13-38-22)26(35)28-14-19-7-4-12-36-19/h2-3,5-6,8-11,13,19,24H,4,7,12,14-16H2,1H3,(H,28,35)/t19-,24-/m0/s1. The molecule has 1 fully saturated rings. The third kappa shape index (κ3) is 5.97. The van der Waals surface area contributed by atoms with Crippen molar-refractivity contribution in [2.24, 2.45) is 0 Å². The molecule has 1 aromatic carbocycles. The minimum absolute atomic E-state index is 0.0679. The molecule has 1 aliphatic rings. The molecule has 0 radical (unpaired) electrons. The predicted octanol–water partition coefficient (Wildman–Crippen LogP) is 3.51. The van der Waals surface area contributed by atoms with Gasteiger partial charge in [-0.3, -0.25) is 9.59 Å². The number of carbonyl (C=O) groups excluding carboxylic acids is 2. The van der Waals surface area contributed by atoms with Crippen LogP contribution in [0.2, 0.25) is 0 Å². The Bertz CT molecular complexity index is 1380. The number of tetrazole rings is 1. The Morgan fingerprint density at radius 2 is 2.11 bits per heavy atom. The first-order valence-electron chi connectivity index (χ1n) is 12.3. The van der Waals surface area contributed by atoms with Crippen molar-refractivity contribution >= 4 is 23.2 Å². The van der Waals surface area contributed by atoms with Gasteiger partial charge in [0, 0.05) is 30.1 Å². The van der Waals surface area contributed by atoms with E-state index in [0.717, 1.165) is 17.6 Å². The summed E-state index contributed by atoms with van der Waals surface area (Å²) in [6.07, 6.45) is 1.73. The van der Waals surface area contributed by atoms with Crippen LogP contribution in [-0.4, -0.2) is 56.2 Å². The minimum atomic E-state index is -0.987. The molecule has 10 nitrogen and oxygen atoms in total. The number of ether oxygens (including phenoxy) is 1. The van der Waals surface area contributed by atoms with Crippen LogP contribution in [-0.2, 0) is 27.4 Å². The van der Waals surface area contributed by atoms with Crippen LogP contribution >= 0.6 is 11.3 Å². The van der Waals surface area contributed by atoms with E-state index in [1.54, 1.807) is 43.3 Å². The van der Waals surface area contributed by atoms with Crippen LogP contribution in [0.3, 0.4) is 0 Å². The van der Waals surface area contributed by atoms with Gasteiger partial charge in [0.05, 0.1) is 6.10 Å². The molecule has 38 heavy (non-hydrogen) atoms. The summed E-state index contributed by atoms with van der Waals surface area (Å²) in [4.78, 5) is 30.4. The van der Waals surface area contributed by atoms with Crippen molar-refractivity contribution in [2.45, 2.75) is 45.0 Å². The number of benzene rings is 1. The molecule has 4 heterocycles. The smallest absolute Gasteiger partial charge is 0.248 e. The average Bonchev–Trinajstić information content (AvgIpc) is 3.72. The van der Waals surface area contributed by atoms with E-state index >= 15 is 0 Å². The van der Waals surface area contributed by atoms with Gasteiger partial charge in [0.15, 0.2) is 5.76 Å². The third-order valence-electron chi connectivity index (χ3n) is 6.21. The number of furan rings is 1. The molecular weight excluding hydrogens is 511 g/mol. The largest absolute Gasteiger partial charge is 0.458 e. The zero-order valence-corrected chi connectivity index (χ0v) is 21.6. The van der Waals surface area contributed by atoms with Crippen molar-refractivity contribution in [2.75, 3.05) is 13.2 Å². The Morgan fingerprint density at radius 3 is 2.82 bits per heavy atom. The molecule has 0 saturated carbocycles. The van der Waals surface area contributed by atoms with Crippen molar-refractivity contribution in [1.82, 2.24) is 30.4 Å². The highest BCUT2D eigenvalue weighted by Crippen LogP contribution is 2.29. The number of nitrogens with one attached hydrogen (secondary N) is 1. The zero-order chi connectivity index (χ0) is 26.5. The van der Waals surface area contributed by atoms with Gasteiger partial charge >= 0.3 is 0 Å². The molecule has 4 aromatic rings. The van der Waals surface area contributed by atoms with Crippen molar-refractivity contribution in [3.8, 4) is 11.6 Å². The molecule has 1 aliphatic heterocycles. The Morgan fingerprint density at radius 1 is 1.24 bits per heavy atom. The second kappa shape index (κ2) is 11.7. The first-order chi connectivity index (χ1) is 18.5. The molecule has 0 unspecified atom stereocenters. The van der Waals surface area contributed by atoms with E-state index in [1.807, 2.05) is 11.4 Å². The van der Waals surface area contributed by atoms with Crippen molar-refractivity contribution in [1.29, 1.82) is 0 Å². The van der Waals surface area contributed by atoms with Crippen LogP contribution < -0.4 is 5.32 Å². The van der Waals surface area contributed by atoms with Gasteiger partial charge in [-0.1, -0.05) is 24.3 Å². The lowest BCUT2D eigenvalue weighted by Gasteiger charge is -2.31. The predicted molar refractivity (Wildman–Crippen MR) is 136 cm³/mol. The van der Waals surface area contributed by atoms with E-state index in [1.165, 1.54) is 22.3 Å². The van der Waals surface area contributed by atoms with Crippen LogP contribution in [0.4, 0.5) is 4.39 Å². The number of thiophene rings is 1. The average molecular weight is 539 g/mol. The van der Waals surface area contributed by atoms with Crippen LogP contribution in [0.15, 0.2) is 58.3 Å². The lowest BCUT2D eigenvalue weighted by Crippen LogP contribution is -2.46. The zero-order valence-electron chi connectivity index (χ0n) is 20.7. The Balaban J connectivity index is 1.42. The van der Waals surface area contributed by atoms with Gasteiger partial charge < -0.3 is 19.4 Å². The molecule has 2 amide bonds. The van der Waals surface area contributed by atoms with Gasteiger partial charge in [0.2, 0.25) is 17.6 Å². The molecule has 0 bridgehead atoms. The summed E-state index contributed by atoms with van der Waals surface area (Å²) in [5.74, 6) is 0.0372. The van der Waals surface area contributed by atoms with E-state index in [0.29, 0.717) is 29.5 Å². The van der Waals surface area contributed by atoms with Gasteiger partial charge in [-0.15, -0.1) is 21.5 Å². The van der Waals surface area contributed by atoms with Gasteiger partial charge in [-0.25, -0.2) is 4.39 Å². The van der Waals surface area contributed by atoms with Crippen LogP contribution in [0.25, 0.3) is 11.6 Å². The number of aryl methyl sites for hydroxylation is 1. The number of hydrogen-bond acceptors (Lipinski definition) is 8. The Labute approximate surface area is 222 Å². The van der Waals surface area contributed by atoms with Crippen molar-refractivity contribution in [3.63, 3.8) is 0 Å². The summed E-state index contributed by atoms with van der Waals surface area (Å²) < 4.78 is 25.9. The van der Waals surface area contributed by atoms with Crippen molar-refractivity contribution in [3.05, 3.63) is 75.9 Å². The fourth-order valence-electron chi connectivity index (χ4n) is 4.30. The molecule has 5 rings (SSSR count). The fourth-order valence-corrected chi connectivity index (χ4v) is 5.13. The normalized spacial score (nSPS) is 15.9. The summed E-state index contributed by atoms with van der Waals surface area (Å²) in [6.45, 7) is 2.37. The molecular formula is C26H27FN6O4S. The van der Waals surface area contributed by atoms with Crippen LogP contribution in [0.5, 0.6) is 0 Å². The summed E-state index contributed by atoms with van der Waals surface area (Å²) in [6, 6.07) is 12.3. The molecule has 198 valence electrons. The van der Waals surface area contributed by atoms with E-state index in [4.69, 9.17) is 9.15 Å². The first-order valence-corrected chi connectivity index (χ1v) is 13.2. The number of aromatic nitrogens is 4. The summed E-state index contributed by atoms with van der Waals surface area (Å²) in [5.41, 5.74) is 0.285. The number of hydrogen-bond donors (Lipinski definition) is 1. The maximum absolute atomic E-state index is 14.7. The Kier molecular flexibility index (Phi) is 7.89. The van der Waals surface area contributed by atoms with Crippen molar-refractivity contribution < 1.29 is 23.1 Å². The maximum Gasteiger partial charge on any atom is 0.248 e. The maximum atomic E-state index is 14.7. The lowest BCUT2D eigenvalue weighted by molar-refractivity contribution is -0.142. The number of nitrogens with zero attached hydrogens (tertiary/aromatic N) is 5. The minimum Gasteiger partial charge on any atom is -0.458 e. The number of carbonyl (C=O) groups is 2. The van der Waals surface area contributed by atoms with E-state index in [2.05, 4.69) is 20.7 Å². The van der Waals surface area contributed by atoms with Gasteiger partial charge in [0.25, 0.3) is 0 Å². The summed E-state index contributed by atoms with van der Waals surface area (Å²) in [7, 11) is 0. The quantitative estimate of drug-likeness (QED) is 0.329. The summed E-state index contributed by atoms with van der Waals surface area (Å²) in [5, 5.41) is 17.0. The SMILES string of the molecule is Cc1ccc(-c2nnn(CC(=O)N(Cc3ccccc3F)[C@H](C(=O)NC[C@@H]3CCCO3)c3cccs3)n2)o1. The lowest BCUT2D eigenvalue weighted by atomic mass is 10.1. The van der Waals surface area contributed by atoms with E-state index in [-0.39, 0.29) is 36.5 Å². The molecule has 2 atom stereocenters. The number of halogens is 1. The third-order valence-corrected chi connectivity index (χ3v) is 7.13. The second-order valence-electron chi connectivity index (χ2n) is 8.96. The molecule has 1 N–H and O–H groups in total. The van der Waals surface area contributed by atoms with Crippen LogP contribution in [0.1, 0.15) is 35.1 Å². The summed E-state index contributed by atoms with van der Waals surface area (Å²) >= 11 is 1.35. The monoisotopic (exact) mass is 538 g/mol. The van der Waals surface area contributed by atoms with Gasteiger partial charge in [0.1, 0.15) is 24.2 Å². The highest BCUT2D eigenvalue weighted by atomic mass is 32.1. The van der Waals surface area contributed by atoms with E-state index < -0.39 is 17.8 Å². The molecule has 0 spiro atoms. The topological polar surface area (TPSA) is 115 Å². The molecule has 1 saturated heterocycles. The van der Waals surface area contributed by atoms with Gasteiger partial charge in [-0.05, 0) is 54.6 Å². The Hall–Kier alpha value is -3.90. The van der Waals surface area contributed by atoms with Crippen LogP contribution in [0, 0.1) is 12.7 Å². The molecule has 0 aliphatic carbocycles. The number of rotatable bonds is 10. The van der Waals surface area contributed by atoms with E-state index in [9.17, 15) is 14.0 Å². The number of amides is 2. The second-order valence-corrected chi connectivity index (χ2v) is 9.94. The highest BCUT2D eigenvalue weighted by molar-refractivity contribution is 7.10. The van der Waals surface area contributed by atoms with Gasteiger partial charge in [-0.2, -0.15) is 4.80 Å². The molecule has 3 aromatic heterocycles. The first kappa shape index (κ1) is 25.7.